The van der Waals surface area contributed by atoms with Gasteiger partial charge in [-0.05, 0) is 68.3 Å². The SMILES string of the molecule is CCOC(=O)c1[nH]c2c(-c3c[nH]c4ccc(Cl)cc34)c3c([nH]c4ccc(Cl)cc43)c(C)c2c1C. The zero-order valence-corrected chi connectivity index (χ0v) is 20.3. The van der Waals surface area contributed by atoms with Crippen molar-refractivity contribution < 1.29 is 9.53 Å². The van der Waals surface area contributed by atoms with Crippen molar-refractivity contribution in [2.45, 2.75) is 20.8 Å². The smallest absolute Gasteiger partial charge is 0.355 e. The Labute approximate surface area is 205 Å². The molecule has 170 valence electrons. The predicted octanol–water partition coefficient (Wildman–Crippen LogP) is 8.05. The van der Waals surface area contributed by atoms with Gasteiger partial charge in [-0.15, -0.1) is 0 Å². The second-order valence-electron chi connectivity index (χ2n) is 8.55. The Morgan fingerprint density at radius 3 is 2.32 bits per heavy atom. The molecule has 3 heterocycles. The predicted molar refractivity (Wildman–Crippen MR) is 140 cm³/mol. The summed E-state index contributed by atoms with van der Waals surface area (Å²) in [6.07, 6.45) is 1.99. The molecule has 6 aromatic rings. The summed E-state index contributed by atoms with van der Waals surface area (Å²) in [5, 5.41) is 5.38. The van der Waals surface area contributed by atoms with Crippen LogP contribution in [0.1, 0.15) is 28.5 Å². The summed E-state index contributed by atoms with van der Waals surface area (Å²) >= 11 is 12.8. The van der Waals surface area contributed by atoms with E-state index in [1.165, 1.54) is 0 Å². The van der Waals surface area contributed by atoms with Gasteiger partial charge in [-0.1, -0.05) is 23.2 Å². The number of benzene rings is 3. The lowest BCUT2D eigenvalue weighted by Gasteiger charge is -2.10. The molecule has 7 heteroatoms. The number of carbonyl (C=O) groups is 1. The van der Waals surface area contributed by atoms with E-state index in [0.29, 0.717) is 22.3 Å². The Balaban J connectivity index is 1.86. The van der Waals surface area contributed by atoms with Crippen LogP contribution in [-0.4, -0.2) is 27.5 Å². The quantitative estimate of drug-likeness (QED) is 0.220. The molecule has 0 amide bonds. The average molecular weight is 490 g/mol. The fourth-order valence-corrected chi connectivity index (χ4v) is 5.53. The van der Waals surface area contributed by atoms with Gasteiger partial charge in [0.15, 0.2) is 0 Å². The highest BCUT2D eigenvalue weighted by molar-refractivity contribution is 6.33. The van der Waals surface area contributed by atoms with Crippen LogP contribution in [0.25, 0.3) is 54.7 Å². The van der Waals surface area contributed by atoms with E-state index in [1.54, 1.807) is 6.92 Å². The fourth-order valence-electron chi connectivity index (χ4n) is 5.18. The lowest BCUT2D eigenvalue weighted by Crippen LogP contribution is -2.06. The number of aromatic nitrogens is 3. The lowest BCUT2D eigenvalue weighted by molar-refractivity contribution is 0.0520. The van der Waals surface area contributed by atoms with Crippen LogP contribution in [0.15, 0.2) is 42.6 Å². The maximum Gasteiger partial charge on any atom is 0.355 e. The molecule has 3 N–H and O–H groups in total. The van der Waals surface area contributed by atoms with Gasteiger partial charge in [0.25, 0.3) is 0 Å². The Morgan fingerprint density at radius 1 is 0.882 bits per heavy atom. The standard InChI is InChI=1S/C27H21Cl2N3O2/c1-4-34-27(33)25-13(3)21-12(2)24-22(17-10-15(29)6-8-20(17)31-24)23(26(21)32-25)18-11-30-19-7-5-14(28)9-16(18)19/h5-11,30-32H,4H2,1-3H3. The molecule has 0 spiro atoms. The van der Waals surface area contributed by atoms with Gasteiger partial charge in [0.2, 0.25) is 0 Å². The summed E-state index contributed by atoms with van der Waals surface area (Å²) in [5.41, 5.74) is 8.23. The number of H-pyrrole nitrogens is 3. The van der Waals surface area contributed by atoms with E-state index in [0.717, 1.165) is 65.9 Å². The van der Waals surface area contributed by atoms with Gasteiger partial charge in [-0.3, -0.25) is 0 Å². The number of rotatable bonds is 3. The first-order chi connectivity index (χ1) is 16.4. The van der Waals surface area contributed by atoms with E-state index >= 15 is 0 Å². The average Bonchev–Trinajstić information content (AvgIpc) is 3.49. The monoisotopic (exact) mass is 489 g/mol. The van der Waals surface area contributed by atoms with Crippen LogP contribution in [0.4, 0.5) is 0 Å². The number of fused-ring (bicyclic) bond motifs is 5. The third kappa shape index (κ3) is 2.90. The Bertz CT molecular complexity index is 1790. The molecule has 34 heavy (non-hydrogen) atoms. The highest BCUT2D eigenvalue weighted by Crippen LogP contribution is 2.46. The molecular formula is C27H21Cl2N3O2. The van der Waals surface area contributed by atoms with Crippen LogP contribution in [0, 0.1) is 13.8 Å². The van der Waals surface area contributed by atoms with E-state index in [4.69, 9.17) is 27.9 Å². The first-order valence-electron chi connectivity index (χ1n) is 11.1. The van der Waals surface area contributed by atoms with Crippen LogP contribution >= 0.6 is 23.2 Å². The van der Waals surface area contributed by atoms with Gasteiger partial charge in [0.1, 0.15) is 5.69 Å². The molecule has 0 saturated heterocycles. The van der Waals surface area contributed by atoms with Crippen molar-refractivity contribution in [3.8, 4) is 11.1 Å². The summed E-state index contributed by atoms with van der Waals surface area (Å²) < 4.78 is 5.34. The van der Waals surface area contributed by atoms with Crippen molar-refractivity contribution in [1.82, 2.24) is 15.0 Å². The molecule has 0 aliphatic heterocycles. The molecule has 0 unspecified atom stereocenters. The zero-order valence-electron chi connectivity index (χ0n) is 18.8. The number of carbonyl (C=O) groups excluding carboxylic acids is 1. The van der Waals surface area contributed by atoms with E-state index < -0.39 is 0 Å². The van der Waals surface area contributed by atoms with Crippen molar-refractivity contribution in [1.29, 1.82) is 0 Å². The highest BCUT2D eigenvalue weighted by Gasteiger charge is 2.25. The Morgan fingerprint density at radius 2 is 1.59 bits per heavy atom. The van der Waals surface area contributed by atoms with E-state index in [2.05, 4.69) is 21.9 Å². The number of aryl methyl sites for hydroxylation is 2. The minimum absolute atomic E-state index is 0.310. The minimum Gasteiger partial charge on any atom is -0.461 e. The summed E-state index contributed by atoms with van der Waals surface area (Å²) in [6.45, 7) is 6.15. The largest absolute Gasteiger partial charge is 0.461 e. The molecule has 0 atom stereocenters. The Kier molecular flexibility index (Phi) is 4.70. The van der Waals surface area contributed by atoms with E-state index in [1.807, 2.05) is 49.5 Å². The summed E-state index contributed by atoms with van der Waals surface area (Å²) in [7, 11) is 0. The van der Waals surface area contributed by atoms with Crippen LogP contribution in [-0.2, 0) is 4.74 Å². The first kappa shape index (κ1) is 21.1. The molecule has 0 aliphatic carbocycles. The fraction of sp³-hybridized carbons (Fsp3) is 0.148. The minimum atomic E-state index is -0.361. The van der Waals surface area contributed by atoms with Crippen molar-refractivity contribution in [2.75, 3.05) is 6.61 Å². The van der Waals surface area contributed by atoms with Crippen LogP contribution in [0.2, 0.25) is 10.0 Å². The van der Waals surface area contributed by atoms with Crippen molar-refractivity contribution in [2.24, 2.45) is 0 Å². The van der Waals surface area contributed by atoms with Gasteiger partial charge >= 0.3 is 5.97 Å². The van der Waals surface area contributed by atoms with Crippen LogP contribution in [0.3, 0.4) is 0 Å². The number of hydrogen-bond acceptors (Lipinski definition) is 2. The number of ether oxygens (including phenoxy) is 1. The zero-order chi connectivity index (χ0) is 23.7. The molecule has 3 aromatic heterocycles. The molecule has 0 saturated carbocycles. The maximum absolute atomic E-state index is 12.8. The third-order valence-corrected chi connectivity index (χ3v) is 7.12. The van der Waals surface area contributed by atoms with Gasteiger partial charge in [-0.2, -0.15) is 0 Å². The molecule has 3 aromatic carbocycles. The summed E-state index contributed by atoms with van der Waals surface area (Å²) in [6, 6.07) is 11.7. The van der Waals surface area contributed by atoms with Crippen LogP contribution < -0.4 is 0 Å². The molecule has 0 aliphatic rings. The second-order valence-corrected chi connectivity index (χ2v) is 9.43. The van der Waals surface area contributed by atoms with Crippen LogP contribution in [0.5, 0.6) is 0 Å². The number of hydrogen-bond donors (Lipinski definition) is 3. The van der Waals surface area contributed by atoms with E-state index in [-0.39, 0.29) is 5.97 Å². The number of halogens is 2. The molecule has 0 fully saturated rings. The normalized spacial score (nSPS) is 11.9. The molecule has 0 radical (unpaired) electrons. The summed E-state index contributed by atoms with van der Waals surface area (Å²) in [4.78, 5) is 23.2. The molecule has 0 bridgehead atoms. The van der Waals surface area contributed by atoms with Gasteiger partial charge in [-0.25, -0.2) is 4.79 Å². The third-order valence-electron chi connectivity index (χ3n) is 6.65. The second kappa shape index (κ2) is 7.55. The highest BCUT2D eigenvalue weighted by atomic mass is 35.5. The van der Waals surface area contributed by atoms with E-state index in [9.17, 15) is 4.79 Å². The topological polar surface area (TPSA) is 73.7 Å². The van der Waals surface area contributed by atoms with Gasteiger partial charge in [0, 0.05) is 59.9 Å². The Hall–Kier alpha value is -3.41. The van der Waals surface area contributed by atoms with Crippen molar-refractivity contribution in [3.63, 3.8) is 0 Å². The molecule has 6 rings (SSSR count). The van der Waals surface area contributed by atoms with Crippen molar-refractivity contribution in [3.05, 3.63) is 69.5 Å². The first-order valence-corrected chi connectivity index (χ1v) is 11.8. The molecular weight excluding hydrogens is 469 g/mol. The molecule has 5 nitrogen and oxygen atoms in total. The number of aromatic amines is 3. The van der Waals surface area contributed by atoms with Crippen molar-refractivity contribution >= 4 is 72.8 Å². The maximum atomic E-state index is 12.8. The number of esters is 1. The lowest BCUT2D eigenvalue weighted by atomic mass is 9.93. The van der Waals surface area contributed by atoms with Gasteiger partial charge in [0.05, 0.1) is 17.6 Å². The summed E-state index contributed by atoms with van der Waals surface area (Å²) in [5.74, 6) is -0.361. The number of nitrogens with one attached hydrogen (secondary N) is 3. The van der Waals surface area contributed by atoms with Gasteiger partial charge < -0.3 is 19.7 Å².